The lowest BCUT2D eigenvalue weighted by atomic mass is 10.2. The molecular formula is C18H17ClN4O. The Bertz CT molecular complexity index is 857. The van der Waals surface area contributed by atoms with Gasteiger partial charge in [-0.3, -0.25) is 9.78 Å². The molecule has 6 heteroatoms. The van der Waals surface area contributed by atoms with Crippen molar-refractivity contribution in [3.05, 3.63) is 76.3 Å². The van der Waals surface area contributed by atoms with E-state index < -0.39 is 0 Å². The fourth-order valence-electron chi connectivity index (χ4n) is 2.40. The van der Waals surface area contributed by atoms with Crippen molar-refractivity contribution in [2.24, 2.45) is 0 Å². The first kappa shape index (κ1) is 16.2. The highest BCUT2D eigenvalue weighted by molar-refractivity contribution is 6.31. The Kier molecular flexibility index (Phi) is 4.62. The van der Waals surface area contributed by atoms with Gasteiger partial charge in [0.05, 0.1) is 34.3 Å². The molecule has 3 rings (SSSR count). The quantitative estimate of drug-likeness (QED) is 0.791. The number of aryl methyl sites for hydroxylation is 1. The molecule has 1 aromatic carbocycles. The van der Waals surface area contributed by atoms with Gasteiger partial charge in [-0.15, -0.1) is 0 Å². The third-order valence-corrected chi connectivity index (χ3v) is 4.28. The van der Waals surface area contributed by atoms with Gasteiger partial charge in [-0.1, -0.05) is 17.7 Å². The van der Waals surface area contributed by atoms with Gasteiger partial charge in [0, 0.05) is 11.8 Å². The van der Waals surface area contributed by atoms with E-state index in [-0.39, 0.29) is 5.91 Å². The number of nitrogens with one attached hydrogen (secondary N) is 1. The number of nitrogens with zero attached hydrogens (tertiary/aromatic N) is 3. The van der Waals surface area contributed by atoms with E-state index in [1.807, 2.05) is 44.2 Å². The maximum absolute atomic E-state index is 12.2. The number of carbonyl (C=O) groups excluding carboxylic acids is 1. The summed E-state index contributed by atoms with van der Waals surface area (Å²) in [5.41, 5.74) is 3.93. The van der Waals surface area contributed by atoms with E-state index in [9.17, 15) is 4.79 Å². The molecule has 0 aliphatic rings. The number of pyridine rings is 1. The van der Waals surface area contributed by atoms with Crippen molar-refractivity contribution < 1.29 is 4.79 Å². The normalized spacial score (nSPS) is 10.6. The monoisotopic (exact) mass is 340 g/mol. The summed E-state index contributed by atoms with van der Waals surface area (Å²) in [5.74, 6) is -0.140. The van der Waals surface area contributed by atoms with Crippen LogP contribution in [0, 0.1) is 13.8 Å². The number of halogens is 1. The van der Waals surface area contributed by atoms with Gasteiger partial charge < -0.3 is 5.32 Å². The third kappa shape index (κ3) is 3.31. The van der Waals surface area contributed by atoms with Crippen molar-refractivity contribution in [2.45, 2.75) is 20.4 Å². The molecule has 0 aliphatic carbocycles. The molecule has 0 spiro atoms. The Morgan fingerprint density at radius 1 is 1.17 bits per heavy atom. The minimum atomic E-state index is -0.140. The third-order valence-electron chi connectivity index (χ3n) is 3.73. The molecule has 2 heterocycles. The van der Waals surface area contributed by atoms with E-state index in [1.54, 1.807) is 23.0 Å². The zero-order chi connectivity index (χ0) is 17.1. The van der Waals surface area contributed by atoms with Gasteiger partial charge in [0.25, 0.3) is 5.91 Å². The van der Waals surface area contributed by atoms with E-state index in [0.717, 1.165) is 22.8 Å². The number of carbonyl (C=O) groups is 1. The topological polar surface area (TPSA) is 59.8 Å². The van der Waals surface area contributed by atoms with Crippen LogP contribution >= 0.6 is 11.6 Å². The number of benzene rings is 1. The lowest BCUT2D eigenvalue weighted by Gasteiger charge is -2.07. The molecule has 0 unspecified atom stereocenters. The Morgan fingerprint density at radius 2 is 1.92 bits per heavy atom. The van der Waals surface area contributed by atoms with Crippen LogP contribution in [0.4, 0.5) is 0 Å². The highest BCUT2D eigenvalue weighted by Crippen LogP contribution is 2.22. The van der Waals surface area contributed by atoms with E-state index in [1.165, 1.54) is 0 Å². The van der Waals surface area contributed by atoms with Crippen molar-refractivity contribution in [3.8, 4) is 5.69 Å². The van der Waals surface area contributed by atoms with E-state index in [2.05, 4.69) is 15.4 Å². The highest BCUT2D eigenvalue weighted by Gasteiger charge is 2.11. The second kappa shape index (κ2) is 6.84. The summed E-state index contributed by atoms with van der Waals surface area (Å²) in [7, 11) is 0. The summed E-state index contributed by atoms with van der Waals surface area (Å²) >= 11 is 6.18. The van der Waals surface area contributed by atoms with Gasteiger partial charge in [-0.05, 0) is 50.2 Å². The maximum Gasteiger partial charge on any atom is 0.251 e. The van der Waals surface area contributed by atoms with Crippen LogP contribution in [0.2, 0.25) is 5.02 Å². The van der Waals surface area contributed by atoms with Crippen LogP contribution in [-0.4, -0.2) is 20.7 Å². The number of hydrogen-bond donors (Lipinski definition) is 1. The Balaban J connectivity index is 1.72. The number of rotatable bonds is 4. The molecule has 0 fully saturated rings. The molecule has 0 atom stereocenters. The maximum atomic E-state index is 12.2. The summed E-state index contributed by atoms with van der Waals surface area (Å²) in [6, 6.07) is 12.9. The molecule has 0 aliphatic heterocycles. The van der Waals surface area contributed by atoms with Crippen LogP contribution in [0.3, 0.4) is 0 Å². The van der Waals surface area contributed by atoms with Crippen molar-refractivity contribution in [1.29, 1.82) is 0 Å². The van der Waals surface area contributed by atoms with Gasteiger partial charge in [0.15, 0.2) is 0 Å². The summed E-state index contributed by atoms with van der Waals surface area (Å²) in [6.07, 6.45) is 1.70. The summed E-state index contributed by atoms with van der Waals surface area (Å²) in [5, 5.41) is 7.92. The van der Waals surface area contributed by atoms with E-state index >= 15 is 0 Å². The fraction of sp³-hybridized carbons (Fsp3) is 0.167. The second-order valence-electron chi connectivity index (χ2n) is 5.45. The molecule has 0 saturated carbocycles. The highest BCUT2D eigenvalue weighted by atomic mass is 35.5. The standard InChI is InChI=1S/C18H17ClN4O/c1-12-17(19)13(2)23(22-12)16-8-6-14(7-9-16)18(24)21-11-15-5-3-4-10-20-15/h3-10H,11H2,1-2H3,(H,21,24). The van der Waals surface area contributed by atoms with Crippen molar-refractivity contribution >= 4 is 17.5 Å². The Morgan fingerprint density at radius 3 is 2.50 bits per heavy atom. The molecule has 5 nitrogen and oxygen atoms in total. The molecule has 1 amide bonds. The van der Waals surface area contributed by atoms with Crippen LogP contribution in [0.25, 0.3) is 5.69 Å². The lowest BCUT2D eigenvalue weighted by Crippen LogP contribution is -2.23. The van der Waals surface area contributed by atoms with Crippen LogP contribution in [0.15, 0.2) is 48.7 Å². The van der Waals surface area contributed by atoms with Gasteiger partial charge >= 0.3 is 0 Å². The second-order valence-corrected chi connectivity index (χ2v) is 5.83. The average molecular weight is 341 g/mol. The van der Waals surface area contributed by atoms with Crippen LogP contribution < -0.4 is 5.32 Å². The van der Waals surface area contributed by atoms with Gasteiger partial charge in [-0.2, -0.15) is 5.10 Å². The summed E-state index contributed by atoms with van der Waals surface area (Å²) < 4.78 is 1.77. The Hall–Kier alpha value is -2.66. The molecular weight excluding hydrogens is 324 g/mol. The van der Waals surface area contributed by atoms with E-state index in [4.69, 9.17) is 11.6 Å². The van der Waals surface area contributed by atoms with Crippen LogP contribution in [0.5, 0.6) is 0 Å². The number of aromatic nitrogens is 3. The molecule has 0 radical (unpaired) electrons. The van der Waals surface area contributed by atoms with Gasteiger partial charge in [0.1, 0.15) is 0 Å². The SMILES string of the molecule is Cc1nn(-c2ccc(C(=O)NCc3ccccn3)cc2)c(C)c1Cl. The van der Waals surface area contributed by atoms with Crippen molar-refractivity contribution in [1.82, 2.24) is 20.1 Å². The van der Waals surface area contributed by atoms with Crippen LogP contribution in [0.1, 0.15) is 27.4 Å². The molecule has 2 aromatic heterocycles. The molecule has 122 valence electrons. The van der Waals surface area contributed by atoms with Crippen molar-refractivity contribution in [3.63, 3.8) is 0 Å². The summed E-state index contributed by atoms with van der Waals surface area (Å²) in [6.45, 7) is 4.18. The number of amides is 1. The molecule has 0 bridgehead atoms. The van der Waals surface area contributed by atoms with E-state index in [0.29, 0.717) is 17.1 Å². The predicted octanol–water partition coefficient (Wildman–Crippen LogP) is 3.47. The summed E-state index contributed by atoms with van der Waals surface area (Å²) in [4.78, 5) is 16.4. The lowest BCUT2D eigenvalue weighted by molar-refractivity contribution is 0.0950. The number of hydrogen-bond acceptors (Lipinski definition) is 3. The smallest absolute Gasteiger partial charge is 0.251 e. The first-order valence-electron chi connectivity index (χ1n) is 7.56. The fourth-order valence-corrected chi connectivity index (χ4v) is 2.52. The minimum absolute atomic E-state index is 0.140. The van der Waals surface area contributed by atoms with Crippen molar-refractivity contribution in [2.75, 3.05) is 0 Å². The predicted molar refractivity (Wildman–Crippen MR) is 93.5 cm³/mol. The molecule has 24 heavy (non-hydrogen) atoms. The van der Waals surface area contributed by atoms with Gasteiger partial charge in [-0.25, -0.2) is 4.68 Å². The molecule has 3 aromatic rings. The largest absolute Gasteiger partial charge is 0.346 e. The minimum Gasteiger partial charge on any atom is -0.346 e. The molecule has 1 N–H and O–H groups in total. The average Bonchev–Trinajstić information content (AvgIpc) is 2.88. The van der Waals surface area contributed by atoms with Crippen LogP contribution in [-0.2, 0) is 6.54 Å². The first-order valence-corrected chi connectivity index (χ1v) is 7.94. The zero-order valence-electron chi connectivity index (χ0n) is 13.5. The first-order chi connectivity index (χ1) is 11.6. The molecule has 0 saturated heterocycles. The zero-order valence-corrected chi connectivity index (χ0v) is 14.2. The van der Waals surface area contributed by atoms with Gasteiger partial charge in [0.2, 0.25) is 0 Å². The Labute approximate surface area is 145 Å².